The van der Waals surface area contributed by atoms with Gasteiger partial charge in [-0.25, -0.2) is 0 Å². The Bertz CT molecular complexity index is 835. The van der Waals surface area contributed by atoms with Crippen LogP contribution in [0, 0.1) is 7.14 Å². The number of phenolic OH excluding ortho intramolecular Hbond substituents is 1. The Kier molecular flexibility index (Phi) is 4.19. The summed E-state index contributed by atoms with van der Waals surface area (Å²) < 4.78 is 2.13. The van der Waals surface area contributed by atoms with Crippen LogP contribution in [0.15, 0.2) is 24.3 Å². The molecule has 0 aliphatic heterocycles. The average molecular weight is 527 g/mol. The second-order valence-electron chi connectivity index (χ2n) is 4.18. The first-order valence-corrected chi connectivity index (χ1v) is 8.88. The number of rotatable bonds is 1. The first-order chi connectivity index (χ1) is 9.47. The molecule has 0 fully saturated rings. The molecule has 0 saturated carbocycles. The van der Waals surface area contributed by atoms with Crippen LogP contribution >= 0.6 is 63.7 Å². The summed E-state index contributed by atoms with van der Waals surface area (Å²) in [4.78, 5) is 1.48. The van der Waals surface area contributed by atoms with Crippen LogP contribution in [0.4, 0.5) is 0 Å². The van der Waals surface area contributed by atoms with Gasteiger partial charge in [0.2, 0.25) is 0 Å². The predicted octanol–water partition coefficient (Wildman–Crippen LogP) is 2.34. The molecule has 3 rings (SSSR count). The molecular weight excluding hydrogens is 518 g/mol. The molecule has 0 bridgehead atoms. The van der Waals surface area contributed by atoms with E-state index in [0.717, 1.165) is 28.8 Å². The zero-order chi connectivity index (χ0) is 14.4. The Morgan fingerprint density at radius 2 is 1.70 bits per heavy atom. The van der Waals surface area contributed by atoms with Crippen molar-refractivity contribution < 1.29 is 5.11 Å². The Hall–Kier alpha value is -0.0400. The minimum Gasteiger partial charge on any atom is -0.505 e. The van der Waals surface area contributed by atoms with E-state index in [0.29, 0.717) is 5.69 Å². The van der Waals surface area contributed by atoms with Gasteiger partial charge in [-0.3, -0.25) is 0 Å². The van der Waals surface area contributed by atoms with E-state index in [2.05, 4.69) is 73.9 Å². The van der Waals surface area contributed by atoms with Gasteiger partial charge in [0.05, 0.1) is 0 Å². The second-order valence-corrected chi connectivity index (χ2v) is 7.74. The quantitative estimate of drug-likeness (QED) is 0.391. The first-order valence-electron chi connectivity index (χ1n) is 5.57. The average Bonchev–Trinajstić information content (AvgIpc) is 2.83. The maximum absolute atomic E-state index is 10.3. The smallest absolute Gasteiger partial charge is 0.150 e. The largest absolute Gasteiger partial charge is 0.505 e. The SMILES string of the molecule is Oc1c(-n2nc3ccc(I)cc3n2)cc(I)c(P)c1P. The highest BCUT2D eigenvalue weighted by molar-refractivity contribution is 14.1. The maximum atomic E-state index is 10.3. The Labute approximate surface area is 147 Å². The van der Waals surface area contributed by atoms with Crippen LogP contribution in [-0.4, -0.2) is 20.1 Å². The van der Waals surface area contributed by atoms with E-state index in [1.807, 2.05) is 24.3 Å². The molecule has 0 aliphatic carbocycles. The van der Waals surface area contributed by atoms with E-state index in [1.54, 1.807) is 0 Å². The Balaban J connectivity index is 2.25. The molecule has 8 heteroatoms. The number of aromatic hydroxyl groups is 1. The monoisotopic (exact) mass is 527 g/mol. The molecule has 1 aromatic heterocycles. The van der Waals surface area contributed by atoms with E-state index in [1.165, 1.54) is 4.80 Å². The van der Waals surface area contributed by atoms with Crippen molar-refractivity contribution >= 4 is 85.3 Å². The van der Waals surface area contributed by atoms with Crippen molar-refractivity contribution in [2.75, 3.05) is 0 Å². The summed E-state index contributed by atoms with van der Waals surface area (Å²) in [5, 5.41) is 20.9. The molecule has 20 heavy (non-hydrogen) atoms. The zero-order valence-corrected chi connectivity index (χ0v) is 16.6. The van der Waals surface area contributed by atoms with Gasteiger partial charge in [-0.05, 0) is 74.8 Å². The van der Waals surface area contributed by atoms with Gasteiger partial charge < -0.3 is 5.11 Å². The molecule has 102 valence electrons. The maximum Gasteiger partial charge on any atom is 0.150 e. The van der Waals surface area contributed by atoms with Crippen molar-refractivity contribution in [1.29, 1.82) is 0 Å². The third-order valence-corrected chi connectivity index (χ3v) is 6.56. The van der Waals surface area contributed by atoms with Crippen LogP contribution in [0.2, 0.25) is 0 Å². The van der Waals surface area contributed by atoms with Gasteiger partial charge >= 0.3 is 0 Å². The molecule has 1 heterocycles. The topological polar surface area (TPSA) is 50.9 Å². The van der Waals surface area contributed by atoms with Gasteiger partial charge in [0.1, 0.15) is 16.7 Å². The molecule has 2 aromatic carbocycles. The summed E-state index contributed by atoms with van der Waals surface area (Å²) in [5.41, 5.74) is 2.20. The second kappa shape index (κ2) is 5.63. The van der Waals surface area contributed by atoms with Crippen molar-refractivity contribution in [3.05, 3.63) is 31.4 Å². The number of nitrogens with zero attached hydrogens (tertiary/aromatic N) is 3. The molecule has 0 saturated heterocycles. The number of fused-ring (bicyclic) bond motifs is 1. The van der Waals surface area contributed by atoms with Gasteiger partial charge in [-0.2, -0.15) is 0 Å². The van der Waals surface area contributed by atoms with E-state index < -0.39 is 0 Å². The summed E-state index contributed by atoms with van der Waals surface area (Å²) in [5.74, 6) is 0.176. The number of halogens is 2. The molecule has 1 N–H and O–H groups in total. The number of phenols is 1. The number of aromatic nitrogens is 3. The van der Waals surface area contributed by atoms with Gasteiger partial charge in [-0.1, -0.05) is 0 Å². The highest BCUT2D eigenvalue weighted by atomic mass is 127. The lowest BCUT2D eigenvalue weighted by Crippen LogP contribution is -2.18. The number of hydrogen-bond donors (Lipinski definition) is 1. The van der Waals surface area contributed by atoms with Crippen molar-refractivity contribution in [2.45, 2.75) is 0 Å². The molecule has 2 atom stereocenters. The lowest BCUT2D eigenvalue weighted by atomic mass is 10.3. The fraction of sp³-hybridized carbons (Fsp3) is 0. The molecule has 2 unspecified atom stereocenters. The summed E-state index contributed by atoms with van der Waals surface area (Å²) in [6.07, 6.45) is 0. The third kappa shape index (κ3) is 2.56. The lowest BCUT2D eigenvalue weighted by molar-refractivity contribution is 0.472. The van der Waals surface area contributed by atoms with E-state index in [4.69, 9.17) is 0 Å². The minimum absolute atomic E-state index is 0.176. The standard InChI is InChI=1S/C12H9I2N3OP2/c13-5-1-2-7-8(3-5)16-17(15-7)9-4-6(14)11(19)12(20)10(9)18/h1-4,18H,19-20H2. The van der Waals surface area contributed by atoms with Crippen LogP contribution in [0.1, 0.15) is 0 Å². The summed E-state index contributed by atoms with van der Waals surface area (Å²) in [7, 11) is 5.18. The van der Waals surface area contributed by atoms with Crippen LogP contribution < -0.4 is 10.6 Å². The summed E-state index contributed by atoms with van der Waals surface area (Å²) in [6.45, 7) is 0. The number of benzene rings is 2. The molecule has 0 spiro atoms. The number of hydrogen-bond acceptors (Lipinski definition) is 3. The Morgan fingerprint density at radius 3 is 2.45 bits per heavy atom. The van der Waals surface area contributed by atoms with Crippen LogP contribution in [0.25, 0.3) is 16.7 Å². The van der Waals surface area contributed by atoms with Crippen molar-refractivity contribution in [3.63, 3.8) is 0 Å². The fourth-order valence-electron chi connectivity index (χ4n) is 1.81. The highest BCUT2D eigenvalue weighted by Crippen LogP contribution is 2.24. The highest BCUT2D eigenvalue weighted by Gasteiger charge is 2.15. The first kappa shape index (κ1) is 14.9. The van der Waals surface area contributed by atoms with E-state index in [9.17, 15) is 5.11 Å². The minimum atomic E-state index is 0.176. The summed E-state index contributed by atoms with van der Waals surface area (Å²) >= 11 is 4.47. The van der Waals surface area contributed by atoms with Crippen molar-refractivity contribution in [1.82, 2.24) is 15.0 Å². The Morgan fingerprint density at radius 1 is 1.00 bits per heavy atom. The van der Waals surface area contributed by atoms with Gasteiger partial charge in [0.15, 0.2) is 5.75 Å². The fourth-order valence-corrected chi connectivity index (χ4v) is 3.69. The van der Waals surface area contributed by atoms with Gasteiger partial charge in [0.25, 0.3) is 0 Å². The summed E-state index contributed by atoms with van der Waals surface area (Å²) in [6, 6.07) is 7.75. The van der Waals surface area contributed by atoms with Crippen LogP contribution in [-0.2, 0) is 0 Å². The van der Waals surface area contributed by atoms with Crippen LogP contribution in [0.5, 0.6) is 5.75 Å². The molecule has 0 aliphatic rings. The lowest BCUT2D eigenvalue weighted by Gasteiger charge is -2.10. The third-order valence-electron chi connectivity index (χ3n) is 2.87. The van der Waals surface area contributed by atoms with Crippen molar-refractivity contribution in [3.8, 4) is 11.4 Å². The molecule has 4 nitrogen and oxygen atoms in total. The molecule has 3 aromatic rings. The van der Waals surface area contributed by atoms with Gasteiger partial charge in [-0.15, -0.1) is 33.5 Å². The van der Waals surface area contributed by atoms with E-state index >= 15 is 0 Å². The van der Waals surface area contributed by atoms with E-state index in [-0.39, 0.29) is 5.75 Å². The molecular formula is C12H9I2N3OP2. The molecule has 0 amide bonds. The van der Waals surface area contributed by atoms with Gasteiger partial charge in [0, 0.05) is 12.4 Å². The molecule has 0 radical (unpaired) electrons. The normalized spacial score (nSPS) is 11.2. The zero-order valence-electron chi connectivity index (χ0n) is 10.0. The van der Waals surface area contributed by atoms with Crippen LogP contribution in [0.3, 0.4) is 0 Å². The predicted molar refractivity (Wildman–Crippen MR) is 105 cm³/mol. The van der Waals surface area contributed by atoms with Crippen molar-refractivity contribution in [2.24, 2.45) is 0 Å².